The molecule has 2 aromatic carbocycles. The van der Waals surface area contributed by atoms with Gasteiger partial charge in [0.1, 0.15) is 30.2 Å². The lowest BCUT2D eigenvalue weighted by Gasteiger charge is -2.45. The smallest absolute Gasteiger partial charge is 0.222 e. The van der Waals surface area contributed by atoms with Gasteiger partial charge >= 0.3 is 0 Å². The summed E-state index contributed by atoms with van der Waals surface area (Å²) in [5, 5.41) is 51.1. The first kappa shape index (κ1) is 22.0. The first-order valence-electron chi connectivity index (χ1n) is 9.36. The summed E-state index contributed by atoms with van der Waals surface area (Å²) in [6.45, 7) is 1.84. The van der Waals surface area contributed by atoms with Gasteiger partial charge in [-0.25, -0.2) is 0 Å². The van der Waals surface area contributed by atoms with Gasteiger partial charge in [0.15, 0.2) is 0 Å². The second-order valence-electron chi connectivity index (χ2n) is 7.02. The molecule has 0 bridgehead atoms. The fourth-order valence-electron chi connectivity index (χ4n) is 3.42. The highest BCUT2D eigenvalue weighted by atomic mass is 35.5. The van der Waals surface area contributed by atoms with E-state index in [1.165, 1.54) is 6.07 Å². The van der Waals surface area contributed by atoms with E-state index in [9.17, 15) is 25.5 Å². The van der Waals surface area contributed by atoms with Crippen LogP contribution in [-0.2, 0) is 16.9 Å². The molecule has 29 heavy (non-hydrogen) atoms. The number of halogens is 1. The van der Waals surface area contributed by atoms with Gasteiger partial charge in [0.2, 0.25) is 5.79 Å². The van der Waals surface area contributed by atoms with E-state index in [-0.39, 0.29) is 5.56 Å². The first-order chi connectivity index (χ1) is 13.8. The fourth-order valence-corrected chi connectivity index (χ4v) is 3.60. The summed E-state index contributed by atoms with van der Waals surface area (Å²) in [6, 6.07) is 12.1. The van der Waals surface area contributed by atoms with Crippen molar-refractivity contribution in [3.63, 3.8) is 0 Å². The number of rotatable bonds is 6. The standard InChI is InChI=1S/C21H25ClO7/c1-2-28-15-6-3-12(4-7-15)9-13-10-14(5-8-16(13)22)21(27)20(26)19(25)18(24)17(11-23)29-21/h3-8,10,17-20,23-27H,2,9,11H2,1H3/t17-,18+,19+,20-,21+/m1/s1. The van der Waals surface area contributed by atoms with Crippen molar-refractivity contribution >= 4 is 11.6 Å². The van der Waals surface area contributed by atoms with Gasteiger partial charge in [0.25, 0.3) is 0 Å². The Morgan fingerprint density at radius 2 is 1.76 bits per heavy atom. The molecule has 2 aromatic rings. The Balaban J connectivity index is 1.89. The third-order valence-electron chi connectivity index (χ3n) is 5.05. The lowest BCUT2D eigenvalue weighted by molar-refractivity contribution is -0.357. The van der Waals surface area contributed by atoms with E-state index in [2.05, 4.69) is 0 Å². The summed E-state index contributed by atoms with van der Waals surface area (Å²) in [6.07, 6.45) is -5.87. The molecule has 1 saturated heterocycles. The van der Waals surface area contributed by atoms with Gasteiger partial charge in [0.05, 0.1) is 13.2 Å². The van der Waals surface area contributed by atoms with Crippen LogP contribution in [0.15, 0.2) is 42.5 Å². The molecule has 5 atom stereocenters. The highest BCUT2D eigenvalue weighted by Gasteiger charge is 2.53. The van der Waals surface area contributed by atoms with Gasteiger partial charge in [-0.1, -0.05) is 29.8 Å². The van der Waals surface area contributed by atoms with E-state index in [1.807, 2.05) is 31.2 Å². The van der Waals surface area contributed by atoms with Crippen molar-refractivity contribution in [1.29, 1.82) is 0 Å². The molecule has 1 aliphatic rings. The van der Waals surface area contributed by atoms with Crippen LogP contribution in [0.25, 0.3) is 0 Å². The van der Waals surface area contributed by atoms with Crippen molar-refractivity contribution in [2.24, 2.45) is 0 Å². The zero-order valence-electron chi connectivity index (χ0n) is 15.9. The lowest BCUT2D eigenvalue weighted by atomic mass is 9.87. The largest absolute Gasteiger partial charge is 0.494 e. The second kappa shape index (κ2) is 8.97. The molecule has 0 aromatic heterocycles. The molecule has 158 valence electrons. The van der Waals surface area contributed by atoms with Gasteiger partial charge in [-0.2, -0.15) is 0 Å². The molecule has 0 aliphatic carbocycles. The van der Waals surface area contributed by atoms with Crippen LogP contribution in [0, 0.1) is 0 Å². The zero-order valence-corrected chi connectivity index (χ0v) is 16.7. The second-order valence-corrected chi connectivity index (χ2v) is 7.43. The van der Waals surface area contributed by atoms with Crippen LogP contribution in [0.5, 0.6) is 5.75 Å². The van der Waals surface area contributed by atoms with E-state index < -0.39 is 36.8 Å². The third kappa shape index (κ3) is 4.41. The maximum absolute atomic E-state index is 11.0. The van der Waals surface area contributed by atoms with Crippen LogP contribution in [0.4, 0.5) is 0 Å². The van der Waals surface area contributed by atoms with Crippen molar-refractivity contribution in [3.05, 3.63) is 64.2 Å². The van der Waals surface area contributed by atoms with Gasteiger partial charge in [-0.15, -0.1) is 0 Å². The van der Waals surface area contributed by atoms with E-state index in [1.54, 1.807) is 12.1 Å². The minimum absolute atomic E-state index is 0.153. The number of hydrogen-bond acceptors (Lipinski definition) is 7. The van der Waals surface area contributed by atoms with E-state index >= 15 is 0 Å². The molecular formula is C21H25ClO7. The summed E-state index contributed by atoms with van der Waals surface area (Å²) < 4.78 is 10.8. The van der Waals surface area contributed by atoms with Crippen LogP contribution in [-0.4, -0.2) is 63.2 Å². The van der Waals surface area contributed by atoms with E-state index in [0.29, 0.717) is 23.6 Å². The Morgan fingerprint density at radius 1 is 1.07 bits per heavy atom. The van der Waals surface area contributed by atoms with Crippen LogP contribution in [0.1, 0.15) is 23.6 Å². The van der Waals surface area contributed by atoms with Crippen molar-refractivity contribution < 1.29 is 35.0 Å². The van der Waals surface area contributed by atoms with Crippen molar-refractivity contribution in [2.75, 3.05) is 13.2 Å². The molecule has 1 heterocycles. The molecule has 5 N–H and O–H groups in total. The molecule has 8 heteroatoms. The molecule has 7 nitrogen and oxygen atoms in total. The average Bonchev–Trinajstić information content (AvgIpc) is 2.72. The quantitative estimate of drug-likeness (QED) is 0.468. The summed E-state index contributed by atoms with van der Waals surface area (Å²) in [5.41, 5.74) is 1.77. The summed E-state index contributed by atoms with van der Waals surface area (Å²) in [7, 11) is 0. The number of hydrogen-bond donors (Lipinski definition) is 5. The van der Waals surface area contributed by atoms with Gasteiger partial charge < -0.3 is 35.0 Å². The van der Waals surface area contributed by atoms with Crippen molar-refractivity contribution in [2.45, 2.75) is 43.5 Å². The number of aliphatic hydroxyl groups excluding tert-OH is 4. The maximum Gasteiger partial charge on any atom is 0.222 e. The number of ether oxygens (including phenoxy) is 2. The van der Waals surface area contributed by atoms with Gasteiger partial charge in [-0.3, -0.25) is 0 Å². The van der Waals surface area contributed by atoms with Crippen molar-refractivity contribution in [3.8, 4) is 5.75 Å². The predicted octanol–water partition coefficient (Wildman–Crippen LogP) is 0.948. The molecule has 0 unspecified atom stereocenters. The third-order valence-corrected chi connectivity index (χ3v) is 5.42. The fraction of sp³-hybridized carbons (Fsp3) is 0.429. The Morgan fingerprint density at radius 3 is 2.38 bits per heavy atom. The Labute approximate surface area is 173 Å². The SMILES string of the molecule is CCOc1ccc(Cc2cc([C@]3(O)O[C@H](CO)[C@H](O)[C@H](O)[C@H]3O)ccc2Cl)cc1. The van der Waals surface area contributed by atoms with Gasteiger partial charge in [-0.05, 0) is 48.7 Å². The van der Waals surface area contributed by atoms with E-state index in [0.717, 1.165) is 11.3 Å². The molecular weight excluding hydrogens is 400 g/mol. The molecule has 0 spiro atoms. The number of aliphatic hydroxyl groups is 5. The van der Waals surface area contributed by atoms with Crippen LogP contribution >= 0.6 is 11.6 Å². The van der Waals surface area contributed by atoms with Crippen LogP contribution < -0.4 is 4.74 Å². The lowest BCUT2D eigenvalue weighted by Crippen LogP contribution is -2.63. The monoisotopic (exact) mass is 424 g/mol. The minimum atomic E-state index is -2.32. The predicted molar refractivity (Wildman–Crippen MR) is 106 cm³/mol. The molecule has 1 fully saturated rings. The molecule has 3 rings (SSSR count). The Bertz CT molecular complexity index is 826. The molecule has 0 amide bonds. The highest BCUT2D eigenvalue weighted by molar-refractivity contribution is 6.31. The minimum Gasteiger partial charge on any atom is -0.494 e. The summed E-state index contributed by atoms with van der Waals surface area (Å²) in [4.78, 5) is 0. The average molecular weight is 425 g/mol. The number of benzene rings is 2. The first-order valence-corrected chi connectivity index (χ1v) is 9.73. The Hall–Kier alpha value is -1.71. The van der Waals surface area contributed by atoms with E-state index in [4.69, 9.17) is 21.1 Å². The molecule has 0 saturated carbocycles. The normalized spacial score (nSPS) is 29.6. The Kier molecular flexibility index (Phi) is 6.80. The van der Waals surface area contributed by atoms with Crippen LogP contribution in [0.3, 0.4) is 0 Å². The van der Waals surface area contributed by atoms with Crippen LogP contribution in [0.2, 0.25) is 5.02 Å². The summed E-state index contributed by atoms with van der Waals surface area (Å²) >= 11 is 6.32. The topological polar surface area (TPSA) is 120 Å². The molecule has 0 radical (unpaired) electrons. The molecule has 1 aliphatic heterocycles. The summed E-state index contributed by atoms with van der Waals surface area (Å²) in [5.74, 6) is -1.56. The maximum atomic E-state index is 11.0. The zero-order chi connectivity index (χ0) is 21.2. The van der Waals surface area contributed by atoms with Gasteiger partial charge in [0, 0.05) is 10.6 Å². The van der Waals surface area contributed by atoms with Crippen molar-refractivity contribution in [1.82, 2.24) is 0 Å². The highest BCUT2D eigenvalue weighted by Crippen LogP contribution is 2.37.